The van der Waals surface area contributed by atoms with Crippen molar-refractivity contribution in [3.63, 3.8) is 0 Å². The van der Waals surface area contributed by atoms with E-state index in [1.165, 1.54) is 6.21 Å². The van der Waals surface area contributed by atoms with Crippen LogP contribution in [-0.2, 0) is 9.59 Å². The number of benzene rings is 2. The maximum Gasteiger partial charge on any atom is 0.329 e. The van der Waals surface area contributed by atoms with E-state index in [0.717, 1.165) is 9.13 Å². The highest BCUT2D eigenvalue weighted by molar-refractivity contribution is 14.1. The van der Waals surface area contributed by atoms with Crippen molar-refractivity contribution in [2.24, 2.45) is 5.10 Å². The third-order valence-electron chi connectivity index (χ3n) is 2.97. The molecule has 0 aromatic heterocycles. The van der Waals surface area contributed by atoms with Crippen molar-refractivity contribution in [1.82, 2.24) is 5.43 Å². The molecule has 2 N–H and O–H groups in total. The maximum atomic E-state index is 11.8. The molecule has 0 unspecified atom stereocenters. The van der Waals surface area contributed by atoms with Crippen molar-refractivity contribution in [2.75, 3.05) is 5.32 Å². The standard InChI is InChI=1S/C16H13ClIN3O2/c1-10-13(17)3-2-4-14(10)20-15(22)16(23)21-19-9-11-5-7-12(18)8-6-11/h2-9H,1H3,(H,20,22)(H,21,23)/b19-9+. The molecule has 2 aromatic carbocycles. The minimum absolute atomic E-state index is 0.485. The summed E-state index contributed by atoms with van der Waals surface area (Å²) in [7, 11) is 0. The van der Waals surface area contributed by atoms with Gasteiger partial charge < -0.3 is 5.32 Å². The third kappa shape index (κ3) is 5.04. The number of amides is 2. The number of carbonyl (C=O) groups is 2. The van der Waals surface area contributed by atoms with Gasteiger partial charge in [-0.2, -0.15) is 5.10 Å². The Labute approximate surface area is 152 Å². The van der Waals surface area contributed by atoms with Crippen molar-refractivity contribution in [1.29, 1.82) is 0 Å². The number of rotatable bonds is 3. The van der Waals surface area contributed by atoms with E-state index in [4.69, 9.17) is 11.6 Å². The van der Waals surface area contributed by atoms with Crippen LogP contribution in [0.25, 0.3) is 0 Å². The van der Waals surface area contributed by atoms with Gasteiger partial charge >= 0.3 is 11.8 Å². The van der Waals surface area contributed by atoms with Crippen LogP contribution in [0.4, 0.5) is 5.69 Å². The topological polar surface area (TPSA) is 70.6 Å². The summed E-state index contributed by atoms with van der Waals surface area (Å²) >= 11 is 8.16. The Hall–Kier alpha value is -1.93. The van der Waals surface area contributed by atoms with Gasteiger partial charge in [-0.15, -0.1) is 0 Å². The Morgan fingerprint density at radius 3 is 2.52 bits per heavy atom. The van der Waals surface area contributed by atoms with Gasteiger partial charge in [-0.25, -0.2) is 5.43 Å². The van der Waals surface area contributed by atoms with Gasteiger partial charge in [-0.1, -0.05) is 29.8 Å². The van der Waals surface area contributed by atoms with Crippen LogP contribution in [0, 0.1) is 10.5 Å². The summed E-state index contributed by atoms with van der Waals surface area (Å²) in [6.07, 6.45) is 1.46. The van der Waals surface area contributed by atoms with E-state index in [1.807, 2.05) is 24.3 Å². The number of hydrazone groups is 1. The number of carbonyl (C=O) groups excluding carboxylic acids is 2. The molecule has 7 heteroatoms. The number of hydrogen-bond donors (Lipinski definition) is 2. The van der Waals surface area contributed by atoms with E-state index >= 15 is 0 Å². The van der Waals surface area contributed by atoms with Gasteiger partial charge in [-0.3, -0.25) is 9.59 Å². The first-order valence-electron chi connectivity index (χ1n) is 6.62. The number of nitrogens with one attached hydrogen (secondary N) is 2. The fourth-order valence-corrected chi connectivity index (χ4v) is 2.22. The molecule has 0 aliphatic rings. The molecule has 0 aliphatic carbocycles. The van der Waals surface area contributed by atoms with E-state index < -0.39 is 11.8 Å². The van der Waals surface area contributed by atoms with Crippen molar-refractivity contribution in [3.05, 3.63) is 62.2 Å². The predicted octanol–water partition coefficient (Wildman–Crippen LogP) is 3.34. The quantitative estimate of drug-likeness (QED) is 0.332. The maximum absolute atomic E-state index is 11.8. The molecule has 0 spiro atoms. The molecule has 0 saturated carbocycles. The fourth-order valence-electron chi connectivity index (χ4n) is 1.69. The van der Waals surface area contributed by atoms with Gasteiger partial charge in [0.2, 0.25) is 0 Å². The molecule has 0 saturated heterocycles. The Balaban J connectivity index is 1.94. The Morgan fingerprint density at radius 1 is 1.13 bits per heavy atom. The average molecular weight is 442 g/mol. The summed E-state index contributed by atoms with van der Waals surface area (Å²) in [5.41, 5.74) is 4.18. The van der Waals surface area contributed by atoms with Gasteiger partial charge in [0, 0.05) is 14.3 Å². The molecule has 5 nitrogen and oxygen atoms in total. The van der Waals surface area contributed by atoms with Crippen LogP contribution >= 0.6 is 34.2 Å². The van der Waals surface area contributed by atoms with Crippen molar-refractivity contribution < 1.29 is 9.59 Å². The number of hydrogen-bond acceptors (Lipinski definition) is 3. The van der Waals surface area contributed by atoms with Crippen LogP contribution in [-0.4, -0.2) is 18.0 Å². The van der Waals surface area contributed by atoms with Gasteiger partial charge in [0.15, 0.2) is 0 Å². The zero-order valence-corrected chi connectivity index (χ0v) is 15.1. The van der Waals surface area contributed by atoms with Crippen molar-refractivity contribution in [2.45, 2.75) is 6.92 Å². The average Bonchev–Trinajstić information content (AvgIpc) is 2.53. The second kappa shape index (κ2) is 8.07. The van der Waals surface area contributed by atoms with Crippen LogP contribution in [0.3, 0.4) is 0 Å². The molecule has 0 fully saturated rings. The highest BCUT2D eigenvalue weighted by Gasteiger charge is 2.14. The smallest absolute Gasteiger partial charge is 0.317 e. The molecule has 23 heavy (non-hydrogen) atoms. The van der Waals surface area contributed by atoms with E-state index in [2.05, 4.69) is 38.4 Å². The van der Waals surface area contributed by atoms with Gasteiger partial charge in [-0.05, 0) is 64.9 Å². The SMILES string of the molecule is Cc1c(Cl)cccc1NC(=O)C(=O)N/N=C/c1ccc(I)cc1. The molecule has 0 bridgehead atoms. The first-order valence-corrected chi connectivity index (χ1v) is 8.08. The lowest BCUT2D eigenvalue weighted by molar-refractivity contribution is -0.136. The summed E-state index contributed by atoms with van der Waals surface area (Å²) in [6, 6.07) is 12.6. The number of nitrogens with zero attached hydrogens (tertiary/aromatic N) is 1. The van der Waals surface area contributed by atoms with Gasteiger partial charge in [0.25, 0.3) is 0 Å². The normalized spacial score (nSPS) is 10.6. The molecule has 2 amide bonds. The predicted molar refractivity (Wildman–Crippen MR) is 99.7 cm³/mol. The summed E-state index contributed by atoms with van der Waals surface area (Å²) < 4.78 is 1.10. The van der Waals surface area contributed by atoms with Crippen LogP contribution in [0.15, 0.2) is 47.6 Å². The summed E-state index contributed by atoms with van der Waals surface area (Å²) in [5.74, 6) is -1.67. The van der Waals surface area contributed by atoms with Gasteiger partial charge in [0.1, 0.15) is 0 Å². The second-order valence-corrected chi connectivity index (χ2v) is 6.27. The van der Waals surface area contributed by atoms with E-state index in [-0.39, 0.29) is 0 Å². The first kappa shape index (κ1) is 17.4. The highest BCUT2D eigenvalue weighted by Crippen LogP contribution is 2.22. The lowest BCUT2D eigenvalue weighted by Crippen LogP contribution is -2.32. The minimum atomic E-state index is -0.855. The molecule has 0 radical (unpaired) electrons. The molecular formula is C16H13ClIN3O2. The largest absolute Gasteiger partial charge is 0.329 e. The van der Waals surface area contributed by atoms with E-state index in [0.29, 0.717) is 16.3 Å². The Bertz CT molecular complexity index is 760. The summed E-state index contributed by atoms with van der Waals surface area (Å²) in [6.45, 7) is 1.75. The molecule has 0 atom stereocenters. The fraction of sp³-hybridized carbons (Fsp3) is 0.0625. The Morgan fingerprint density at radius 2 is 1.83 bits per heavy atom. The molecule has 2 aromatic rings. The van der Waals surface area contributed by atoms with E-state index in [1.54, 1.807) is 25.1 Å². The highest BCUT2D eigenvalue weighted by atomic mass is 127. The molecule has 2 rings (SSSR count). The van der Waals surface area contributed by atoms with Crippen LogP contribution in [0.2, 0.25) is 5.02 Å². The van der Waals surface area contributed by atoms with Crippen molar-refractivity contribution in [3.8, 4) is 0 Å². The third-order valence-corrected chi connectivity index (χ3v) is 4.10. The Kier molecular flexibility index (Phi) is 6.12. The zero-order chi connectivity index (χ0) is 16.8. The lowest BCUT2D eigenvalue weighted by Gasteiger charge is -2.08. The number of halogens is 2. The van der Waals surface area contributed by atoms with Crippen LogP contribution < -0.4 is 10.7 Å². The zero-order valence-electron chi connectivity index (χ0n) is 12.1. The molecule has 0 aliphatic heterocycles. The first-order chi connectivity index (χ1) is 11.0. The molecular weight excluding hydrogens is 429 g/mol. The number of anilines is 1. The minimum Gasteiger partial charge on any atom is -0.317 e. The monoisotopic (exact) mass is 441 g/mol. The summed E-state index contributed by atoms with van der Waals surface area (Å²) in [4.78, 5) is 23.5. The van der Waals surface area contributed by atoms with E-state index in [9.17, 15) is 9.59 Å². The van der Waals surface area contributed by atoms with Crippen LogP contribution in [0.1, 0.15) is 11.1 Å². The summed E-state index contributed by atoms with van der Waals surface area (Å²) in [5, 5.41) is 6.77. The van der Waals surface area contributed by atoms with Crippen LogP contribution in [0.5, 0.6) is 0 Å². The molecule has 0 heterocycles. The lowest BCUT2D eigenvalue weighted by atomic mass is 10.2. The van der Waals surface area contributed by atoms with Crippen molar-refractivity contribution >= 4 is 57.9 Å². The van der Waals surface area contributed by atoms with Gasteiger partial charge in [0.05, 0.1) is 6.21 Å². The second-order valence-electron chi connectivity index (χ2n) is 4.62. The molecule has 118 valence electrons.